The van der Waals surface area contributed by atoms with Gasteiger partial charge in [0, 0.05) is 75.9 Å². The first-order valence-corrected chi connectivity index (χ1v) is 13.6. The Labute approximate surface area is 245 Å². The highest BCUT2D eigenvalue weighted by Gasteiger charge is 2.20. The van der Waals surface area contributed by atoms with E-state index in [9.17, 15) is 0 Å². The van der Waals surface area contributed by atoms with Gasteiger partial charge in [0.15, 0.2) is 23.0 Å². The van der Waals surface area contributed by atoms with Crippen LogP contribution in [0.25, 0.3) is 11.4 Å². The van der Waals surface area contributed by atoms with Gasteiger partial charge in [0.1, 0.15) is 0 Å². The molecule has 2 aromatic carbocycles. The zero-order chi connectivity index (χ0) is 29.6. The number of piperazine rings is 1. The average Bonchev–Trinajstić information content (AvgIpc) is 3.70. The average molecular weight is 579 g/mol. The van der Waals surface area contributed by atoms with E-state index in [0.717, 1.165) is 62.0 Å². The molecule has 0 atom stereocenters. The Bertz CT molecular complexity index is 1330. The van der Waals surface area contributed by atoms with E-state index in [4.69, 9.17) is 28.4 Å². The Kier molecular flexibility index (Phi) is 9.03. The summed E-state index contributed by atoms with van der Waals surface area (Å²) in [4.78, 5) is 14.1. The molecule has 5 rings (SSSR count). The number of benzene rings is 2. The molecule has 12 nitrogen and oxygen atoms in total. The van der Waals surface area contributed by atoms with Crippen molar-refractivity contribution in [2.45, 2.75) is 13.1 Å². The lowest BCUT2D eigenvalue weighted by Gasteiger charge is -2.33. The highest BCUT2D eigenvalue weighted by Crippen LogP contribution is 2.40. The van der Waals surface area contributed by atoms with Crippen molar-refractivity contribution in [3.05, 3.63) is 60.7 Å². The molecule has 1 fully saturated rings. The van der Waals surface area contributed by atoms with Crippen molar-refractivity contribution >= 4 is 0 Å². The molecule has 1 aliphatic rings. The molecule has 1 aliphatic heterocycles. The van der Waals surface area contributed by atoms with Crippen LogP contribution in [0.1, 0.15) is 11.4 Å². The highest BCUT2D eigenvalue weighted by atomic mass is 16.5. The van der Waals surface area contributed by atoms with Crippen LogP contribution in [0.15, 0.2) is 49.3 Å². The van der Waals surface area contributed by atoms with E-state index >= 15 is 0 Å². The number of aromatic nitrogens is 4. The number of hydrogen-bond acceptors (Lipinski definition) is 10. The second-order valence-electron chi connectivity index (χ2n) is 9.86. The molecule has 0 spiro atoms. The lowest BCUT2D eigenvalue weighted by Crippen LogP contribution is -2.45. The first kappa shape index (κ1) is 29.1. The van der Waals surface area contributed by atoms with Gasteiger partial charge in [-0.05, 0) is 0 Å². The van der Waals surface area contributed by atoms with Crippen LogP contribution < -0.4 is 28.4 Å². The minimum atomic E-state index is 0.565. The molecule has 2 aromatic heterocycles. The molecule has 0 unspecified atom stereocenters. The second kappa shape index (κ2) is 13.0. The smallest absolute Gasteiger partial charge is 0.203 e. The molecule has 0 saturated carbocycles. The highest BCUT2D eigenvalue weighted by molar-refractivity contribution is 5.59. The number of methoxy groups -OCH3 is 6. The van der Waals surface area contributed by atoms with Crippen LogP contribution in [0.3, 0.4) is 0 Å². The quantitative estimate of drug-likeness (QED) is 0.249. The summed E-state index contributed by atoms with van der Waals surface area (Å²) in [6.45, 7) is 5.35. The minimum absolute atomic E-state index is 0.565. The minimum Gasteiger partial charge on any atom is -0.493 e. The summed E-state index contributed by atoms with van der Waals surface area (Å²) in [6.07, 6.45) is 7.72. The Morgan fingerprint density at radius 1 is 0.524 bits per heavy atom. The van der Waals surface area contributed by atoms with Crippen molar-refractivity contribution in [3.63, 3.8) is 0 Å². The summed E-state index contributed by atoms with van der Waals surface area (Å²) < 4.78 is 36.8. The van der Waals surface area contributed by atoms with Gasteiger partial charge in [0.2, 0.25) is 11.5 Å². The molecule has 42 heavy (non-hydrogen) atoms. The number of nitrogens with zero attached hydrogens (tertiary/aromatic N) is 6. The molecular weight excluding hydrogens is 540 g/mol. The monoisotopic (exact) mass is 578 g/mol. The molecular formula is C30H38N6O6. The fraction of sp³-hybridized carbons (Fsp3) is 0.400. The zero-order valence-electron chi connectivity index (χ0n) is 25.0. The van der Waals surface area contributed by atoms with Crippen molar-refractivity contribution in [1.82, 2.24) is 28.9 Å². The van der Waals surface area contributed by atoms with E-state index in [1.54, 1.807) is 42.7 Å². The van der Waals surface area contributed by atoms with E-state index in [-0.39, 0.29) is 0 Å². The predicted molar refractivity (Wildman–Crippen MR) is 157 cm³/mol. The largest absolute Gasteiger partial charge is 0.493 e. The molecule has 4 aromatic rings. The van der Waals surface area contributed by atoms with E-state index in [1.807, 2.05) is 58.4 Å². The standard InChI is InChI=1S/C30H38N6O6/c1-37-25-11-23(12-26(38-2)29(25)41-5)35-17-21(31-19-35)15-33-7-9-34(10-8-33)16-22-18-36(20-32-22)24-13-27(39-3)30(42-6)28(14-24)40-4/h11-14,17-20H,7-10,15-16H2,1-6H3. The van der Waals surface area contributed by atoms with Gasteiger partial charge in [0.25, 0.3) is 0 Å². The summed E-state index contributed by atoms with van der Waals surface area (Å²) in [5.74, 6) is 3.54. The van der Waals surface area contributed by atoms with Crippen molar-refractivity contribution in [3.8, 4) is 45.9 Å². The third-order valence-electron chi connectivity index (χ3n) is 7.40. The van der Waals surface area contributed by atoms with Crippen molar-refractivity contribution in [1.29, 1.82) is 0 Å². The van der Waals surface area contributed by atoms with Crippen LogP contribution >= 0.6 is 0 Å². The zero-order valence-corrected chi connectivity index (χ0v) is 25.0. The Morgan fingerprint density at radius 2 is 0.857 bits per heavy atom. The van der Waals surface area contributed by atoms with Gasteiger partial charge in [-0.15, -0.1) is 0 Å². The van der Waals surface area contributed by atoms with Gasteiger partial charge < -0.3 is 37.6 Å². The molecule has 12 heteroatoms. The van der Waals surface area contributed by atoms with Crippen LogP contribution in [0.2, 0.25) is 0 Å². The third-order valence-corrected chi connectivity index (χ3v) is 7.40. The van der Waals surface area contributed by atoms with Gasteiger partial charge in [-0.1, -0.05) is 0 Å². The maximum Gasteiger partial charge on any atom is 0.203 e. The van der Waals surface area contributed by atoms with Crippen LogP contribution in [0, 0.1) is 0 Å². The van der Waals surface area contributed by atoms with Crippen LogP contribution in [-0.4, -0.2) is 97.7 Å². The molecule has 3 heterocycles. The molecule has 224 valence electrons. The van der Waals surface area contributed by atoms with E-state index < -0.39 is 0 Å². The summed E-state index contributed by atoms with van der Waals surface area (Å²) in [6, 6.07) is 7.64. The maximum absolute atomic E-state index is 5.50. The molecule has 0 bridgehead atoms. The molecule has 0 amide bonds. The topological polar surface area (TPSA) is 97.5 Å². The first-order valence-electron chi connectivity index (χ1n) is 13.6. The van der Waals surface area contributed by atoms with Crippen LogP contribution in [-0.2, 0) is 13.1 Å². The van der Waals surface area contributed by atoms with Gasteiger partial charge in [0.05, 0.1) is 78.1 Å². The van der Waals surface area contributed by atoms with Gasteiger partial charge >= 0.3 is 0 Å². The van der Waals surface area contributed by atoms with Crippen LogP contribution in [0.4, 0.5) is 0 Å². The molecule has 1 saturated heterocycles. The summed E-state index contributed by atoms with van der Waals surface area (Å²) >= 11 is 0. The lowest BCUT2D eigenvalue weighted by molar-refractivity contribution is 0.120. The number of hydrogen-bond donors (Lipinski definition) is 0. The number of rotatable bonds is 12. The normalized spacial score (nSPS) is 14.0. The predicted octanol–water partition coefficient (Wildman–Crippen LogP) is 3.43. The summed E-state index contributed by atoms with van der Waals surface area (Å²) in [7, 11) is 9.64. The van der Waals surface area contributed by atoms with Gasteiger partial charge in [-0.25, -0.2) is 9.97 Å². The lowest BCUT2D eigenvalue weighted by atomic mass is 10.2. The molecule has 0 aliphatic carbocycles. The third kappa shape index (κ3) is 6.09. The maximum atomic E-state index is 5.50. The van der Waals surface area contributed by atoms with Crippen LogP contribution in [0.5, 0.6) is 34.5 Å². The molecule has 0 radical (unpaired) electrons. The Morgan fingerprint density at radius 3 is 1.14 bits per heavy atom. The summed E-state index contributed by atoms with van der Waals surface area (Å²) in [5.41, 5.74) is 3.78. The SMILES string of the molecule is COc1cc(-n2cnc(CN3CCN(Cc4cn(-c5cc(OC)c(OC)c(OC)c5)cn4)CC3)c2)cc(OC)c1OC. The number of imidazole rings is 2. The van der Waals surface area contributed by atoms with E-state index in [0.29, 0.717) is 34.5 Å². The van der Waals surface area contributed by atoms with Crippen molar-refractivity contribution in [2.24, 2.45) is 0 Å². The van der Waals surface area contributed by atoms with E-state index in [1.165, 1.54) is 0 Å². The first-order chi connectivity index (χ1) is 20.5. The second-order valence-corrected chi connectivity index (χ2v) is 9.86. The van der Waals surface area contributed by atoms with Gasteiger partial charge in [-0.3, -0.25) is 9.80 Å². The Balaban J connectivity index is 1.18. The number of ether oxygens (including phenoxy) is 6. The molecule has 0 N–H and O–H groups in total. The van der Waals surface area contributed by atoms with E-state index in [2.05, 4.69) is 19.8 Å². The van der Waals surface area contributed by atoms with Crippen molar-refractivity contribution in [2.75, 3.05) is 68.8 Å². The fourth-order valence-electron chi connectivity index (χ4n) is 5.17. The van der Waals surface area contributed by atoms with Gasteiger partial charge in [-0.2, -0.15) is 0 Å². The fourth-order valence-corrected chi connectivity index (χ4v) is 5.17. The van der Waals surface area contributed by atoms with Crippen molar-refractivity contribution < 1.29 is 28.4 Å². The summed E-state index contributed by atoms with van der Waals surface area (Å²) in [5, 5.41) is 0. The Hall–Kier alpha value is -4.42.